The lowest BCUT2D eigenvalue weighted by Crippen LogP contribution is -2.38. The fraction of sp³-hybridized carbons (Fsp3) is 0.294. The van der Waals surface area contributed by atoms with Gasteiger partial charge in [0.05, 0.1) is 5.60 Å². The zero-order valence-corrected chi connectivity index (χ0v) is 14.2. The molecule has 3 rings (SSSR count). The molecule has 1 aliphatic rings. The van der Waals surface area contributed by atoms with Crippen LogP contribution in [-0.2, 0) is 19.3 Å². The molecule has 2 aromatic rings. The Hall–Kier alpha value is -0.640. The molecule has 0 aliphatic heterocycles. The minimum Gasteiger partial charge on any atom is -0.389 e. The van der Waals surface area contributed by atoms with E-state index < -0.39 is 5.60 Å². The zero-order chi connectivity index (χ0) is 14.2. The minimum atomic E-state index is -0.623. The Labute approximate surface area is 136 Å². The monoisotopic (exact) mass is 394 g/mol. The molecule has 0 bridgehead atoms. The summed E-state index contributed by atoms with van der Waals surface area (Å²) in [6.45, 7) is 0. The Morgan fingerprint density at radius 3 is 2.60 bits per heavy atom. The van der Waals surface area contributed by atoms with Crippen molar-refractivity contribution in [2.45, 2.75) is 31.3 Å². The molecule has 1 N–H and O–H groups in total. The summed E-state index contributed by atoms with van der Waals surface area (Å²) in [6.07, 6.45) is 3.21. The second-order valence-electron chi connectivity index (χ2n) is 5.62. The molecule has 0 spiro atoms. The normalized spacial score (nSPS) is 21.6. The summed E-state index contributed by atoms with van der Waals surface area (Å²) in [6, 6.07) is 14.6. The smallest absolute Gasteiger partial charge is 0.0731 e. The molecule has 1 nitrogen and oxygen atoms in total. The standard InChI is InChI=1S/C17H16Br2O/c18-15-3-1-2-12(8-15)10-17(20)7-6-13-9-16(19)5-4-14(13)11-17/h1-5,8-9,20H,6-7,10-11H2. The lowest BCUT2D eigenvalue weighted by atomic mass is 9.77. The number of benzene rings is 2. The van der Waals surface area contributed by atoms with Crippen LogP contribution in [0.15, 0.2) is 51.4 Å². The lowest BCUT2D eigenvalue weighted by Gasteiger charge is -2.34. The van der Waals surface area contributed by atoms with E-state index in [0.717, 1.165) is 28.2 Å². The van der Waals surface area contributed by atoms with Crippen LogP contribution in [-0.4, -0.2) is 10.7 Å². The first-order chi connectivity index (χ1) is 9.54. The van der Waals surface area contributed by atoms with Crippen LogP contribution in [0.3, 0.4) is 0 Å². The fourth-order valence-corrected chi connectivity index (χ4v) is 3.84. The average Bonchev–Trinajstić information content (AvgIpc) is 2.39. The molecule has 3 heteroatoms. The maximum atomic E-state index is 10.9. The van der Waals surface area contributed by atoms with Gasteiger partial charge in [0.25, 0.3) is 0 Å². The molecule has 2 aromatic carbocycles. The van der Waals surface area contributed by atoms with Gasteiger partial charge in [0, 0.05) is 21.8 Å². The first-order valence-corrected chi connectivity index (χ1v) is 8.37. The predicted octanol–water partition coefficient (Wildman–Crippen LogP) is 4.67. The second kappa shape index (κ2) is 5.63. The molecule has 1 unspecified atom stereocenters. The molecular formula is C17H16Br2O. The van der Waals surface area contributed by atoms with Crippen LogP contribution in [0.2, 0.25) is 0 Å². The van der Waals surface area contributed by atoms with Gasteiger partial charge in [0.2, 0.25) is 0 Å². The van der Waals surface area contributed by atoms with Gasteiger partial charge in [0.1, 0.15) is 0 Å². The highest BCUT2D eigenvalue weighted by Gasteiger charge is 2.32. The molecular weight excluding hydrogens is 380 g/mol. The van der Waals surface area contributed by atoms with Gasteiger partial charge >= 0.3 is 0 Å². The van der Waals surface area contributed by atoms with Crippen LogP contribution in [0, 0.1) is 0 Å². The Morgan fingerprint density at radius 1 is 1.00 bits per heavy atom. The second-order valence-corrected chi connectivity index (χ2v) is 7.45. The van der Waals surface area contributed by atoms with Crippen molar-refractivity contribution < 1.29 is 5.11 Å². The molecule has 0 heterocycles. The van der Waals surface area contributed by atoms with E-state index in [0.29, 0.717) is 6.42 Å². The quantitative estimate of drug-likeness (QED) is 0.782. The number of aryl methyl sites for hydroxylation is 1. The summed E-state index contributed by atoms with van der Waals surface area (Å²) in [5.41, 5.74) is 3.19. The summed E-state index contributed by atoms with van der Waals surface area (Å²) < 4.78 is 2.19. The largest absolute Gasteiger partial charge is 0.389 e. The van der Waals surface area contributed by atoms with E-state index in [-0.39, 0.29) is 0 Å². The van der Waals surface area contributed by atoms with Gasteiger partial charge in [-0.2, -0.15) is 0 Å². The van der Waals surface area contributed by atoms with E-state index in [9.17, 15) is 5.11 Å². The van der Waals surface area contributed by atoms with Crippen molar-refractivity contribution in [2.75, 3.05) is 0 Å². The van der Waals surface area contributed by atoms with Gasteiger partial charge in [0.15, 0.2) is 0 Å². The molecule has 0 saturated heterocycles. The van der Waals surface area contributed by atoms with Crippen LogP contribution in [0.4, 0.5) is 0 Å². The van der Waals surface area contributed by atoms with Crippen LogP contribution in [0.5, 0.6) is 0 Å². The van der Waals surface area contributed by atoms with Crippen LogP contribution >= 0.6 is 31.9 Å². The summed E-state index contributed by atoms with van der Waals surface area (Å²) in [5, 5.41) is 10.9. The Balaban J connectivity index is 1.82. The third-order valence-electron chi connectivity index (χ3n) is 3.97. The number of aliphatic hydroxyl groups is 1. The Kier molecular flexibility index (Phi) is 4.02. The van der Waals surface area contributed by atoms with Crippen molar-refractivity contribution in [3.8, 4) is 0 Å². The highest BCUT2D eigenvalue weighted by atomic mass is 79.9. The highest BCUT2D eigenvalue weighted by Crippen LogP contribution is 2.33. The minimum absolute atomic E-state index is 0.623. The molecule has 1 aliphatic carbocycles. The summed E-state index contributed by atoms with van der Waals surface area (Å²) in [7, 11) is 0. The third kappa shape index (κ3) is 3.16. The topological polar surface area (TPSA) is 20.2 Å². The number of rotatable bonds is 2. The molecule has 0 amide bonds. The van der Waals surface area contributed by atoms with Crippen LogP contribution in [0.1, 0.15) is 23.1 Å². The maximum Gasteiger partial charge on any atom is 0.0731 e. The van der Waals surface area contributed by atoms with E-state index >= 15 is 0 Å². The van der Waals surface area contributed by atoms with E-state index in [2.05, 4.69) is 62.2 Å². The van der Waals surface area contributed by atoms with Crippen molar-refractivity contribution in [1.82, 2.24) is 0 Å². The van der Waals surface area contributed by atoms with Crippen molar-refractivity contribution in [1.29, 1.82) is 0 Å². The first-order valence-electron chi connectivity index (χ1n) is 6.78. The van der Waals surface area contributed by atoms with Gasteiger partial charge in [-0.15, -0.1) is 0 Å². The summed E-state index contributed by atoms with van der Waals surface area (Å²) >= 11 is 7.00. The molecule has 0 saturated carbocycles. The number of halogens is 2. The van der Waals surface area contributed by atoms with Gasteiger partial charge in [-0.05, 0) is 53.8 Å². The van der Waals surface area contributed by atoms with Crippen LogP contribution < -0.4 is 0 Å². The SMILES string of the molecule is OC1(Cc2cccc(Br)c2)CCc2cc(Br)ccc2C1. The molecule has 0 aromatic heterocycles. The van der Waals surface area contributed by atoms with E-state index in [1.54, 1.807) is 0 Å². The molecule has 20 heavy (non-hydrogen) atoms. The summed E-state index contributed by atoms with van der Waals surface area (Å²) in [5.74, 6) is 0. The van der Waals surface area contributed by atoms with Crippen molar-refractivity contribution >= 4 is 31.9 Å². The summed E-state index contributed by atoms with van der Waals surface area (Å²) in [4.78, 5) is 0. The van der Waals surface area contributed by atoms with Gasteiger partial charge in [-0.1, -0.05) is 50.1 Å². The van der Waals surface area contributed by atoms with E-state index in [4.69, 9.17) is 0 Å². The molecule has 0 radical (unpaired) electrons. The highest BCUT2D eigenvalue weighted by molar-refractivity contribution is 9.10. The lowest BCUT2D eigenvalue weighted by molar-refractivity contribution is 0.0267. The maximum absolute atomic E-state index is 10.9. The average molecular weight is 396 g/mol. The van der Waals surface area contributed by atoms with Crippen molar-refractivity contribution in [3.63, 3.8) is 0 Å². The van der Waals surface area contributed by atoms with E-state index in [1.165, 1.54) is 16.7 Å². The third-order valence-corrected chi connectivity index (χ3v) is 4.96. The molecule has 1 atom stereocenters. The van der Waals surface area contributed by atoms with Gasteiger partial charge in [-0.25, -0.2) is 0 Å². The zero-order valence-electron chi connectivity index (χ0n) is 11.1. The number of fused-ring (bicyclic) bond motifs is 1. The Morgan fingerprint density at radius 2 is 1.80 bits per heavy atom. The van der Waals surface area contributed by atoms with Crippen molar-refractivity contribution in [3.05, 3.63) is 68.1 Å². The van der Waals surface area contributed by atoms with E-state index in [1.807, 2.05) is 12.1 Å². The number of hydrogen-bond donors (Lipinski definition) is 1. The molecule has 0 fully saturated rings. The fourth-order valence-electron chi connectivity index (χ4n) is 2.99. The number of hydrogen-bond acceptors (Lipinski definition) is 1. The first kappa shape index (κ1) is 14.3. The van der Waals surface area contributed by atoms with Crippen LogP contribution in [0.25, 0.3) is 0 Å². The Bertz CT molecular complexity index is 639. The predicted molar refractivity (Wildman–Crippen MR) is 89.0 cm³/mol. The van der Waals surface area contributed by atoms with Crippen molar-refractivity contribution in [2.24, 2.45) is 0 Å². The molecule has 104 valence electrons. The van der Waals surface area contributed by atoms with Gasteiger partial charge < -0.3 is 5.11 Å². The van der Waals surface area contributed by atoms with Gasteiger partial charge in [-0.3, -0.25) is 0 Å².